The average Bonchev–Trinajstić information content (AvgIpc) is 2.79. The summed E-state index contributed by atoms with van der Waals surface area (Å²) in [4.78, 5) is 7.30. The Bertz CT molecular complexity index is 252. The third-order valence-corrected chi connectivity index (χ3v) is 2.93. The zero-order chi connectivity index (χ0) is 10.3. The van der Waals surface area contributed by atoms with Gasteiger partial charge in [-0.1, -0.05) is 0 Å². The second-order valence-electron chi connectivity index (χ2n) is 4.20. The Morgan fingerprint density at radius 2 is 2.53 bits per heavy atom. The van der Waals surface area contributed by atoms with Crippen LogP contribution in [0.4, 0.5) is 0 Å². The van der Waals surface area contributed by atoms with Crippen LogP contribution in [-0.4, -0.2) is 36.1 Å². The molecule has 2 rings (SSSR count). The Morgan fingerprint density at radius 1 is 1.53 bits per heavy atom. The first-order valence-electron chi connectivity index (χ1n) is 5.85. The van der Waals surface area contributed by atoms with Crippen molar-refractivity contribution in [1.29, 1.82) is 0 Å². The standard InChI is InChI=1S/C11H20N4/c1-2-10(8-12-4-1)9-13-5-3-11-14-6-7-15-11/h6-7,10,12-13H,1-5,8-9H2,(H,14,15). The lowest BCUT2D eigenvalue weighted by atomic mass is 10.00. The quantitative estimate of drug-likeness (QED) is 0.619. The summed E-state index contributed by atoms with van der Waals surface area (Å²) in [7, 11) is 0. The molecule has 4 nitrogen and oxygen atoms in total. The Labute approximate surface area is 90.9 Å². The molecule has 0 aromatic carbocycles. The van der Waals surface area contributed by atoms with Gasteiger partial charge in [-0.3, -0.25) is 0 Å². The molecule has 0 spiro atoms. The summed E-state index contributed by atoms with van der Waals surface area (Å²) in [5.41, 5.74) is 0. The van der Waals surface area contributed by atoms with Crippen LogP contribution < -0.4 is 10.6 Å². The van der Waals surface area contributed by atoms with Gasteiger partial charge in [-0.25, -0.2) is 4.98 Å². The molecule has 1 aromatic heterocycles. The van der Waals surface area contributed by atoms with Gasteiger partial charge in [0.15, 0.2) is 0 Å². The van der Waals surface area contributed by atoms with Crippen molar-refractivity contribution in [2.45, 2.75) is 19.3 Å². The smallest absolute Gasteiger partial charge is 0.107 e. The van der Waals surface area contributed by atoms with Gasteiger partial charge in [-0.05, 0) is 38.4 Å². The predicted octanol–water partition coefficient (Wildman–Crippen LogP) is 0.541. The molecule has 1 aromatic rings. The maximum atomic E-state index is 4.19. The minimum absolute atomic E-state index is 0.815. The van der Waals surface area contributed by atoms with E-state index in [-0.39, 0.29) is 0 Å². The number of nitrogens with one attached hydrogen (secondary N) is 3. The molecule has 0 saturated carbocycles. The Kier molecular flexibility index (Phi) is 4.17. The van der Waals surface area contributed by atoms with Crippen LogP contribution in [0.15, 0.2) is 12.4 Å². The zero-order valence-corrected chi connectivity index (χ0v) is 9.13. The SMILES string of the molecule is c1c[nH]c(CCNCC2CCCNC2)n1. The number of H-pyrrole nitrogens is 1. The van der Waals surface area contributed by atoms with Crippen LogP contribution in [0.25, 0.3) is 0 Å². The van der Waals surface area contributed by atoms with Crippen molar-refractivity contribution in [1.82, 2.24) is 20.6 Å². The molecule has 1 aliphatic heterocycles. The molecule has 84 valence electrons. The summed E-state index contributed by atoms with van der Waals surface area (Å²) >= 11 is 0. The molecule has 1 fully saturated rings. The largest absolute Gasteiger partial charge is 0.349 e. The van der Waals surface area contributed by atoms with E-state index in [1.807, 2.05) is 6.20 Å². The van der Waals surface area contributed by atoms with Crippen molar-refractivity contribution in [3.63, 3.8) is 0 Å². The first-order valence-corrected chi connectivity index (χ1v) is 5.85. The lowest BCUT2D eigenvalue weighted by Crippen LogP contribution is -2.36. The molecule has 4 heteroatoms. The fraction of sp³-hybridized carbons (Fsp3) is 0.727. The van der Waals surface area contributed by atoms with E-state index in [1.165, 1.54) is 25.9 Å². The highest BCUT2D eigenvalue weighted by atomic mass is 14.9. The fourth-order valence-electron chi connectivity index (χ4n) is 2.05. The van der Waals surface area contributed by atoms with Crippen molar-refractivity contribution >= 4 is 0 Å². The predicted molar refractivity (Wildman–Crippen MR) is 60.8 cm³/mol. The van der Waals surface area contributed by atoms with Gasteiger partial charge in [0, 0.05) is 25.4 Å². The minimum Gasteiger partial charge on any atom is -0.349 e. The number of aromatic amines is 1. The second-order valence-corrected chi connectivity index (χ2v) is 4.20. The number of rotatable bonds is 5. The first kappa shape index (κ1) is 10.6. The molecule has 1 unspecified atom stereocenters. The van der Waals surface area contributed by atoms with Gasteiger partial charge in [-0.15, -0.1) is 0 Å². The average molecular weight is 208 g/mol. The molecule has 0 bridgehead atoms. The lowest BCUT2D eigenvalue weighted by Gasteiger charge is -2.22. The van der Waals surface area contributed by atoms with Gasteiger partial charge in [0.2, 0.25) is 0 Å². The fourth-order valence-corrected chi connectivity index (χ4v) is 2.05. The highest BCUT2D eigenvalue weighted by Crippen LogP contribution is 2.07. The zero-order valence-electron chi connectivity index (χ0n) is 9.13. The molecule has 0 radical (unpaired) electrons. The van der Waals surface area contributed by atoms with Crippen molar-refractivity contribution in [3.05, 3.63) is 18.2 Å². The molecule has 0 aliphatic carbocycles. The molecule has 1 aliphatic rings. The van der Waals surface area contributed by atoms with E-state index in [0.717, 1.165) is 31.3 Å². The third kappa shape index (κ3) is 3.64. The van der Waals surface area contributed by atoms with Gasteiger partial charge < -0.3 is 15.6 Å². The summed E-state index contributed by atoms with van der Waals surface area (Å²) in [6.45, 7) is 4.52. The number of aromatic nitrogens is 2. The molecule has 15 heavy (non-hydrogen) atoms. The Morgan fingerprint density at radius 3 is 3.27 bits per heavy atom. The lowest BCUT2D eigenvalue weighted by molar-refractivity contribution is 0.361. The second kappa shape index (κ2) is 5.88. The van der Waals surface area contributed by atoms with Crippen LogP contribution in [-0.2, 0) is 6.42 Å². The van der Waals surface area contributed by atoms with Gasteiger partial charge in [0.1, 0.15) is 5.82 Å². The maximum absolute atomic E-state index is 4.19. The minimum atomic E-state index is 0.815. The summed E-state index contributed by atoms with van der Waals surface area (Å²) in [5, 5.41) is 6.92. The molecule has 1 atom stereocenters. The van der Waals surface area contributed by atoms with Gasteiger partial charge >= 0.3 is 0 Å². The summed E-state index contributed by atoms with van der Waals surface area (Å²) in [5.74, 6) is 1.89. The Balaban J connectivity index is 1.54. The summed E-state index contributed by atoms with van der Waals surface area (Å²) in [6.07, 6.45) is 7.36. The highest BCUT2D eigenvalue weighted by molar-refractivity contribution is 4.87. The van der Waals surface area contributed by atoms with Crippen LogP contribution in [0.1, 0.15) is 18.7 Å². The van der Waals surface area contributed by atoms with Gasteiger partial charge in [0.05, 0.1) is 0 Å². The van der Waals surface area contributed by atoms with E-state index in [9.17, 15) is 0 Å². The molecule has 3 N–H and O–H groups in total. The molecular formula is C11H20N4. The number of hydrogen-bond acceptors (Lipinski definition) is 3. The van der Waals surface area contributed by atoms with E-state index in [0.29, 0.717) is 0 Å². The number of imidazole rings is 1. The van der Waals surface area contributed by atoms with Crippen LogP contribution in [0, 0.1) is 5.92 Å². The van der Waals surface area contributed by atoms with Crippen molar-refractivity contribution in [2.75, 3.05) is 26.2 Å². The first-order chi connectivity index (χ1) is 7.45. The molecule has 2 heterocycles. The van der Waals surface area contributed by atoms with E-state index in [1.54, 1.807) is 6.20 Å². The van der Waals surface area contributed by atoms with E-state index in [4.69, 9.17) is 0 Å². The summed E-state index contributed by atoms with van der Waals surface area (Å²) in [6, 6.07) is 0. The maximum Gasteiger partial charge on any atom is 0.107 e. The van der Waals surface area contributed by atoms with Crippen LogP contribution in [0.3, 0.4) is 0 Å². The number of nitrogens with zero attached hydrogens (tertiary/aromatic N) is 1. The summed E-state index contributed by atoms with van der Waals surface area (Å²) < 4.78 is 0. The number of piperidine rings is 1. The van der Waals surface area contributed by atoms with Crippen molar-refractivity contribution in [2.24, 2.45) is 5.92 Å². The molecule has 1 saturated heterocycles. The van der Waals surface area contributed by atoms with Crippen LogP contribution >= 0.6 is 0 Å². The van der Waals surface area contributed by atoms with Crippen LogP contribution in [0.2, 0.25) is 0 Å². The van der Waals surface area contributed by atoms with E-state index >= 15 is 0 Å². The van der Waals surface area contributed by atoms with E-state index < -0.39 is 0 Å². The molecule has 0 amide bonds. The molecular weight excluding hydrogens is 188 g/mol. The monoisotopic (exact) mass is 208 g/mol. The van der Waals surface area contributed by atoms with Gasteiger partial charge in [-0.2, -0.15) is 0 Å². The topological polar surface area (TPSA) is 52.7 Å². The van der Waals surface area contributed by atoms with Crippen molar-refractivity contribution < 1.29 is 0 Å². The highest BCUT2D eigenvalue weighted by Gasteiger charge is 2.11. The third-order valence-electron chi connectivity index (χ3n) is 2.93. The van der Waals surface area contributed by atoms with E-state index in [2.05, 4.69) is 20.6 Å². The normalized spacial score (nSPS) is 21.7. The van der Waals surface area contributed by atoms with Crippen molar-refractivity contribution in [3.8, 4) is 0 Å². The van der Waals surface area contributed by atoms with Gasteiger partial charge in [0.25, 0.3) is 0 Å². The Hall–Kier alpha value is -0.870. The number of hydrogen-bond donors (Lipinski definition) is 3. The van der Waals surface area contributed by atoms with Crippen LogP contribution in [0.5, 0.6) is 0 Å².